The van der Waals surface area contributed by atoms with E-state index in [1.54, 1.807) is 17.6 Å². The fraction of sp³-hybridized carbons (Fsp3) is 0.312. The number of hydrogen-bond acceptors (Lipinski definition) is 5. The highest BCUT2D eigenvalue weighted by atomic mass is 32.1. The van der Waals surface area contributed by atoms with Crippen LogP contribution in [0.15, 0.2) is 11.2 Å². The molecule has 2 aromatic rings. The second-order valence-electron chi connectivity index (χ2n) is 5.35. The van der Waals surface area contributed by atoms with Crippen molar-refractivity contribution < 1.29 is 9.53 Å². The summed E-state index contributed by atoms with van der Waals surface area (Å²) in [6.07, 6.45) is 1.66. The van der Waals surface area contributed by atoms with Crippen molar-refractivity contribution in [2.45, 2.75) is 27.7 Å². The molecule has 0 fully saturated rings. The molecule has 0 aliphatic rings. The van der Waals surface area contributed by atoms with Gasteiger partial charge in [-0.1, -0.05) is 0 Å². The van der Waals surface area contributed by atoms with Crippen LogP contribution in [0.2, 0.25) is 0 Å². The Morgan fingerprint density at radius 1 is 1.42 bits per heavy atom. The van der Waals surface area contributed by atoms with E-state index in [1.165, 1.54) is 7.11 Å². The quantitative estimate of drug-likeness (QED) is 0.377. The highest BCUT2D eigenvalue weighted by molar-refractivity contribution is 7.80. The summed E-state index contributed by atoms with van der Waals surface area (Å²) in [6, 6.07) is 1.99. The van der Waals surface area contributed by atoms with E-state index in [0.29, 0.717) is 5.56 Å². The van der Waals surface area contributed by atoms with Crippen molar-refractivity contribution in [1.29, 1.82) is 0 Å². The Bertz CT molecular complexity index is 834. The van der Waals surface area contributed by atoms with Crippen LogP contribution in [0.4, 0.5) is 0 Å². The van der Waals surface area contributed by atoms with Gasteiger partial charge >= 0.3 is 5.97 Å². The van der Waals surface area contributed by atoms with Crippen LogP contribution in [0.25, 0.3) is 5.00 Å². The number of aromatic nitrogens is 1. The molecule has 0 atom stereocenters. The number of methoxy groups -OCH3 is 1. The SMILES string of the molecule is COC(=O)c1c(-n2c(C)cc(/C=N\NC(N)=S)c2C)sc(C)c1C. The van der Waals surface area contributed by atoms with E-state index in [-0.39, 0.29) is 11.1 Å². The third-order valence-corrected chi connectivity index (χ3v) is 5.09. The van der Waals surface area contributed by atoms with E-state index in [1.807, 2.05) is 38.3 Å². The Kier molecular flexibility index (Phi) is 5.40. The van der Waals surface area contributed by atoms with Gasteiger partial charge in [-0.05, 0) is 51.5 Å². The van der Waals surface area contributed by atoms with Gasteiger partial charge in [0.05, 0.1) is 18.9 Å². The lowest BCUT2D eigenvalue weighted by Crippen LogP contribution is -2.24. The van der Waals surface area contributed by atoms with Gasteiger partial charge in [-0.3, -0.25) is 5.43 Å². The van der Waals surface area contributed by atoms with Crippen molar-refractivity contribution in [1.82, 2.24) is 9.99 Å². The first-order valence-electron chi connectivity index (χ1n) is 7.24. The number of carbonyl (C=O) groups is 1. The van der Waals surface area contributed by atoms with Crippen LogP contribution in [0.5, 0.6) is 0 Å². The van der Waals surface area contributed by atoms with Gasteiger partial charge in [0.25, 0.3) is 0 Å². The first-order valence-corrected chi connectivity index (χ1v) is 8.46. The maximum Gasteiger partial charge on any atom is 0.341 e. The fourth-order valence-corrected chi connectivity index (χ4v) is 3.81. The molecular weight excluding hydrogens is 344 g/mol. The lowest BCUT2D eigenvalue weighted by Gasteiger charge is -2.10. The van der Waals surface area contributed by atoms with Crippen LogP contribution in [-0.2, 0) is 4.74 Å². The molecule has 0 aliphatic carbocycles. The monoisotopic (exact) mass is 364 g/mol. The molecule has 6 nitrogen and oxygen atoms in total. The first-order chi connectivity index (χ1) is 11.3. The Labute approximate surface area is 150 Å². The second-order valence-corrected chi connectivity index (χ2v) is 6.99. The standard InChI is InChI=1S/C16H20N4O2S2/c1-8-6-12(7-18-19-16(17)23)10(3)20(8)14-13(15(21)22-5)9(2)11(4)24-14/h6-7H,1-5H3,(H3,17,19,23)/b18-7-. The van der Waals surface area contributed by atoms with E-state index in [2.05, 4.69) is 10.5 Å². The molecule has 0 radical (unpaired) electrons. The van der Waals surface area contributed by atoms with Crippen molar-refractivity contribution >= 4 is 40.9 Å². The van der Waals surface area contributed by atoms with E-state index >= 15 is 0 Å². The molecule has 2 heterocycles. The molecule has 24 heavy (non-hydrogen) atoms. The highest BCUT2D eigenvalue weighted by Crippen LogP contribution is 2.34. The number of nitrogens with zero attached hydrogens (tertiary/aromatic N) is 2. The van der Waals surface area contributed by atoms with Crippen LogP contribution >= 0.6 is 23.6 Å². The van der Waals surface area contributed by atoms with Crippen LogP contribution in [-0.4, -0.2) is 29.0 Å². The topological polar surface area (TPSA) is 81.6 Å². The number of thiocarbonyl (C=S) groups is 1. The zero-order valence-corrected chi connectivity index (χ0v) is 15.9. The van der Waals surface area contributed by atoms with E-state index < -0.39 is 0 Å². The summed E-state index contributed by atoms with van der Waals surface area (Å²) in [5.41, 5.74) is 12.3. The first kappa shape index (κ1) is 18.2. The maximum atomic E-state index is 12.2. The highest BCUT2D eigenvalue weighted by Gasteiger charge is 2.23. The molecule has 3 N–H and O–H groups in total. The zero-order chi connectivity index (χ0) is 18.0. The zero-order valence-electron chi connectivity index (χ0n) is 14.3. The number of carbonyl (C=O) groups excluding carboxylic acids is 1. The average Bonchev–Trinajstić information content (AvgIpc) is 2.95. The number of esters is 1. The third-order valence-electron chi connectivity index (χ3n) is 3.81. The number of thiophene rings is 1. The summed E-state index contributed by atoms with van der Waals surface area (Å²) in [7, 11) is 1.40. The minimum atomic E-state index is -0.329. The van der Waals surface area contributed by atoms with E-state index in [0.717, 1.165) is 32.4 Å². The van der Waals surface area contributed by atoms with Gasteiger partial charge in [0, 0.05) is 21.8 Å². The van der Waals surface area contributed by atoms with Gasteiger partial charge in [-0.2, -0.15) is 5.10 Å². The minimum Gasteiger partial charge on any atom is -0.465 e. The number of nitrogens with one attached hydrogen (secondary N) is 1. The number of ether oxygens (including phenoxy) is 1. The Balaban J connectivity index is 2.57. The second kappa shape index (κ2) is 7.14. The fourth-order valence-electron chi connectivity index (χ4n) is 2.51. The average molecular weight is 364 g/mol. The number of nitrogens with two attached hydrogens (primary N) is 1. The van der Waals surface area contributed by atoms with Crippen molar-refractivity contribution in [3.8, 4) is 5.00 Å². The third kappa shape index (κ3) is 3.34. The smallest absolute Gasteiger partial charge is 0.341 e. The van der Waals surface area contributed by atoms with Gasteiger partial charge < -0.3 is 15.0 Å². The Hall–Kier alpha value is -2.19. The Morgan fingerprint density at radius 2 is 2.08 bits per heavy atom. The van der Waals surface area contributed by atoms with Crippen LogP contribution < -0.4 is 11.2 Å². The van der Waals surface area contributed by atoms with Crippen LogP contribution in [0.3, 0.4) is 0 Å². The van der Waals surface area contributed by atoms with Gasteiger partial charge in [0.2, 0.25) is 0 Å². The summed E-state index contributed by atoms with van der Waals surface area (Å²) < 4.78 is 7.00. The summed E-state index contributed by atoms with van der Waals surface area (Å²) in [5.74, 6) is -0.329. The summed E-state index contributed by atoms with van der Waals surface area (Å²) >= 11 is 6.29. The predicted octanol–water partition coefficient (Wildman–Crippen LogP) is 2.73. The van der Waals surface area contributed by atoms with Crippen LogP contribution in [0.1, 0.15) is 37.7 Å². The molecule has 0 saturated heterocycles. The van der Waals surface area contributed by atoms with Gasteiger partial charge in [0.15, 0.2) is 5.11 Å². The normalized spacial score (nSPS) is 11.0. The van der Waals surface area contributed by atoms with E-state index in [9.17, 15) is 4.79 Å². The molecule has 0 amide bonds. The number of rotatable bonds is 4. The van der Waals surface area contributed by atoms with Crippen molar-refractivity contribution in [3.63, 3.8) is 0 Å². The number of hydrazone groups is 1. The molecule has 0 saturated carbocycles. The van der Waals surface area contributed by atoms with Gasteiger partial charge in [-0.15, -0.1) is 11.3 Å². The molecule has 128 valence electrons. The van der Waals surface area contributed by atoms with Crippen LogP contribution in [0, 0.1) is 27.7 Å². The molecule has 2 rings (SSSR count). The predicted molar refractivity (Wildman–Crippen MR) is 101 cm³/mol. The molecule has 0 bridgehead atoms. The van der Waals surface area contributed by atoms with Gasteiger partial charge in [-0.25, -0.2) is 4.79 Å². The molecule has 8 heteroatoms. The lowest BCUT2D eigenvalue weighted by atomic mass is 10.1. The molecule has 0 spiro atoms. The van der Waals surface area contributed by atoms with Crippen molar-refractivity contribution in [3.05, 3.63) is 39.0 Å². The Morgan fingerprint density at radius 3 is 2.67 bits per heavy atom. The number of hydrogen-bond donors (Lipinski definition) is 2. The largest absolute Gasteiger partial charge is 0.465 e. The molecule has 0 unspecified atom stereocenters. The molecular formula is C16H20N4O2S2. The lowest BCUT2D eigenvalue weighted by molar-refractivity contribution is 0.0600. The van der Waals surface area contributed by atoms with Crippen molar-refractivity contribution in [2.24, 2.45) is 10.8 Å². The summed E-state index contributed by atoms with van der Waals surface area (Å²) in [6.45, 7) is 7.89. The molecule has 0 aromatic carbocycles. The molecule has 0 aliphatic heterocycles. The number of aryl methyl sites for hydroxylation is 2. The van der Waals surface area contributed by atoms with E-state index in [4.69, 9.17) is 22.7 Å². The molecule has 2 aromatic heterocycles. The minimum absolute atomic E-state index is 0.109. The summed E-state index contributed by atoms with van der Waals surface area (Å²) in [5, 5.41) is 4.97. The maximum absolute atomic E-state index is 12.2. The summed E-state index contributed by atoms with van der Waals surface area (Å²) in [4.78, 5) is 13.3. The van der Waals surface area contributed by atoms with Crippen molar-refractivity contribution in [2.75, 3.05) is 7.11 Å². The van der Waals surface area contributed by atoms with Gasteiger partial charge in [0.1, 0.15) is 5.00 Å².